The van der Waals surface area contributed by atoms with Gasteiger partial charge in [0.2, 0.25) is 0 Å². The molecule has 7 heteroatoms. The Kier molecular flexibility index (Phi) is 24.6. The molecule has 1 aromatic carbocycles. The summed E-state index contributed by atoms with van der Waals surface area (Å²) in [5.41, 5.74) is -0.0671. The molecular weight excluding hydrogens is 224 g/mol. The Bertz CT molecular complexity index is 281. The van der Waals surface area contributed by atoms with E-state index in [1.54, 1.807) is 12.1 Å². The molecule has 0 fully saturated rings. The van der Waals surface area contributed by atoms with Gasteiger partial charge in [-0.05, 0) is 12.1 Å². The van der Waals surface area contributed by atoms with E-state index >= 15 is 0 Å². The summed E-state index contributed by atoms with van der Waals surface area (Å²) in [7, 11) is 0. The molecule has 14 heavy (non-hydrogen) atoms. The molecule has 60 valence electrons. The summed E-state index contributed by atoms with van der Waals surface area (Å²) in [4.78, 5) is 10.3. The van der Waals surface area contributed by atoms with E-state index in [1.807, 2.05) is 0 Å². The SMILES string of the molecule is O=C(O)c1ccccc1O.[H-].[H-].[H-].[H-].[Na+].[Na+].[Na+].[Na+]. The fourth-order valence-corrected chi connectivity index (χ4v) is 0.654. The standard InChI is InChI=1S/C7H6O3.4Na.4H/c8-6-4-2-1-3-5(6)7(9)10;;;;;;;;/h1-4,8H,(H,9,10);;;;;;;;/q;4*+1;4*-1. The largest absolute Gasteiger partial charge is 1.00 e. The zero-order valence-corrected chi connectivity index (χ0v) is 17.1. The molecule has 1 rings (SSSR count). The van der Waals surface area contributed by atoms with Crippen molar-refractivity contribution in [3.63, 3.8) is 0 Å². The summed E-state index contributed by atoms with van der Waals surface area (Å²) in [6, 6.07) is 5.81. The zero-order chi connectivity index (χ0) is 7.56. The number of rotatable bonds is 1. The summed E-state index contributed by atoms with van der Waals surface area (Å²) in [6.45, 7) is 0. The molecule has 0 aromatic heterocycles. The van der Waals surface area contributed by atoms with Gasteiger partial charge >= 0.3 is 124 Å². The van der Waals surface area contributed by atoms with Crippen LogP contribution < -0.4 is 118 Å². The van der Waals surface area contributed by atoms with Crippen LogP contribution in [0.3, 0.4) is 0 Å². The van der Waals surface area contributed by atoms with Gasteiger partial charge in [-0.2, -0.15) is 0 Å². The van der Waals surface area contributed by atoms with Crippen molar-refractivity contribution < 1.29 is 139 Å². The van der Waals surface area contributed by atoms with Crippen LogP contribution in [-0.2, 0) is 0 Å². The molecule has 0 radical (unpaired) electrons. The first-order chi connectivity index (χ1) is 4.72. The first kappa shape index (κ1) is 25.4. The first-order valence-corrected chi connectivity index (χ1v) is 2.73. The van der Waals surface area contributed by atoms with Crippen LogP contribution in [0.4, 0.5) is 0 Å². The fraction of sp³-hybridized carbons (Fsp3) is 0. The Hall–Kier alpha value is 2.49. The van der Waals surface area contributed by atoms with Crippen molar-refractivity contribution in [1.82, 2.24) is 0 Å². The van der Waals surface area contributed by atoms with Crippen LogP contribution >= 0.6 is 0 Å². The van der Waals surface area contributed by atoms with Gasteiger partial charge < -0.3 is 15.9 Å². The minimum Gasteiger partial charge on any atom is -1.00 e. The van der Waals surface area contributed by atoms with E-state index in [0.29, 0.717) is 0 Å². The number of phenols is 1. The number of carboxylic acid groups (broad SMARTS) is 1. The predicted molar refractivity (Wildman–Crippen MR) is 39.5 cm³/mol. The van der Waals surface area contributed by atoms with Crippen molar-refractivity contribution >= 4 is 5.97 Å². The Morgan fingerprint density at radius 2 is 1.50 bits per heavy atom. The maximum absolute atomic E-state index is 10.3. The van der Waals surface area contributed by atoms with Gasteiger partial charge in [-0.25, -0.2) is 4.79 Å². The average Bonchev–Trinajstić information content (AvgIpc) is 1.88. The number of aromatic carboxylic acids is 1. The molecule has 0 heterocycles. The molecule has 0 spiro atoms. The van der Waals surface area contributed by atoms with Crippen molar-refractivity contribution in [2.45, 2.75) is 0 Å². The van der Waals surface area contributed by atoms with Gasteiger partial charge in [0.05, 0.1) is 0 Å². The molecule has 0 aliphatic carbocycles. The molecule has 2 N–H and O–H groups in total. The summed E-state index contributed by atoms with van der Waals surface area (Å²) in [5.74, 6) is -1.31. The third-order valence-corrected chi connectivity index (χ3v) is 1.13. The number of hydrogen-bond donors (Lipinski definition) is 2. The summed E-state index contributed by atoms with van der Waals surface area (Å²) in [6.07, 6.45) is 0. The fourth-order valence-electron chi connectivity index (χ4n) is 0.654. The van der Waals surface area contributed by atoms with E-state index in [1.165, 1.54) is 12.1 Å². The van der Waals surface area contributed by atoms with Gasteiger partial charge in [0.1, 0.15) is 11.3 Å². The maximum atomic E-state index is 10.3. The summed E-state index contributed by atoms with van der Waals surface area (Å²) >= 11 is 0. The van der Waals surface area contributed by atoms with Crippen molar-refractivity contribution in [2.75, 3.05) is 0 Å². The van der Waals surface area contributed by atoms with Gasteiger partial charge in [-0.3, -0.25) is 0 Å². The molecule has 0 saturated heterocycles. The molecular formula is C7H10Na4O3. The normalized spacial score (nSPS) is 6.57. The molecule has 0 saturated carbocycles. The third-order valence-electron chi connectivity index (χ3n) is 1.13. The van der Waals surface area contributed by atoms with E-state index in [0.717, 1.165) is 0 Å². The molecule has 0 amide bonds. The van der Waals surface area contributed by atoms with E-state index in [9.17, 15) is 4.79 Å². The maximum Gasteiger partial charge on any atom is 1.00 e. The molecule has 0 unspecified atom stereocenters. The van der Waals surface area contributed by atoms with E-state index < -0.39 is 5.97 Å². The Balaban J connectivity index is -0.0000000208. The van der Waals surface area contributed by atoms with E-state index in [4.69, 9.17) is 10.2 Å². The molecule has 0 bridgehead atoms. The van der Waals surface area contributed by atoms with Crippen molar-refractivity contribution in [3.8, 4) is 5.75 Å². The number of benzene rings is 1. The van der Waals surface area contributed by atoms with E-state index in [2.05, 4.69) is 0 Å². The van der Waals surface area contributed by atoms with Crippen LogP contribution in [0.2, 0.25) is 0 Å². The molecule has 0 aliphatic heterocycles. The minimum absolute atomic E-state index is 0. The Morgan fingerprint density at radius 1 is 1.07 bits per heavy atom. The quantitative estimate of drug-likeness (QED) is 0.474. The first-order valence-electron chi connectivity index (χ1n) is 2.73. The molecule has 0 atom stereocenters. The monoisotopic (exact) mass is 234 g/mol. The van der Waals surface area contributed by atoms with Gasteiger partial charge in [0.15, 0.2) is 0 Å². The topological polar surface area (TPSA) is 57.5 Å². The van der Waals surface area contributed by atoms with Crippen LogP contribution in [0.25, 0.3) is 0 Å². The van der Waals surface area contributed by atoms with Gasteiger partial charge in [-0.15, -0.1) is 0 Å². The molecule has 3 nitrogen and oxygen atoms in total. The number of hydrogen-bond acceptors (Lipinski definition) is 2. The zero-order valence-electron chi connectivity index (χ0n) is 13.1. The van der Waals surface area contributed by atoms with Crippen LogP contribution in [-0.4, -0.2) is 16.2 Å². The Morgan fingerprint density at radius 3 is 1.79 bits per heavy atom. The van der Waals surface area contributed by atoms with Crippen LogP contribution in [0, 0.1) is 0 Å². The van der Waals surface area contributed by atoms with Crippen molar-refractivity contribution in [3.05, 3.63) is 29.8 Å². The second-order valence-electron chi connectivity index (χ2n) is 1.82. The summed E-state index contributed by atoms with van der Waals surface area (Å²) < 4.78 is 0. The molecule has 1 aromatic rings. The second-order valence-corrected chi connectivity index (χ2v) is 1.82. The second kappa shape index (κ2) is 13.6. The smallest absolute Gasteiger partial charge is 1.00 e. The summed E-state index contributed by atoms with van der Waals surface area (Å²) in [5, 5.41) is 17.3. The van der Waals surface area contributed by atoms with Gasteiger partial charge in [-0.1, -0.05) is 12.1 Å². The molecule has 0 aliphatic rings. The van der Waals surface area contributed by atoms with Crippen molar-refractivity contribution in [2.24, 2.45) is 0 Å². The number of aromatic hydroxyl groups is 1. The van der Waals surface area contributed by atoms with Crippen molar-refractivity contribution in [1.29, 1.82) is 0 Å². The van der Waals surface area contributed by atoms with E-state index in [-0.39, 0.29) is 135 Å². The number of para-hydroxylation sites is 1. The Labute approximate surface area is 177 Å². The predicted octanol–water partition coefficient (Wildman–Crippen LogP) is -10.4. The van der Waals surface area contributed by atoms with Crippen LogP contribution in [0.5, 0.6) is 5.75 Å². The van der Waals surface area contributed by atoms with Gasteiger partial charge in [0, 0.05) is 0 Å². The number of carbonyl (C=O) groups is 1. The average molecular weight is 234 g/mol. The van der Waals surface area contributed by atoms with Crippen LogP contribution in [0.15, 0.2) is 24.3 Å². The van der Waals surface area contributed by atoms with Gasteiger partial charge in [0.25, 0.3) is 0 Å². The number of carboxylic acids is 1. The third kappa shape index (κ3) is 8.62. The van der Waals surface area contributed by atoms with Crippen LogP contribution in [0.1, 0.15) is 16.1 Å². The minimum atomic E-state index is -1.11.